The predicted molar refractivity (Wildman–Crippen MR) is 120 cm³/mol. The fraction of sp³-hybridized carbons (Fsp3) is 0.667. The van der Waals surface area contributed by atoms with Gasteiger partial charge in [-0.05, 0) is 88.9 Å². The fourth-order valence-electron chi connectivity index (χ4n) is 4.34. The Morgan fingerprint density at radius 2 is 1.03 bits per heavy atom. The van der Waals surface area contributed by atoms with Crippen molar-refractivity contribution < 1.29 is 9.59 Å². The van der Waals surface area contributed by atoms with E-state index in [2.05, 4.69) is 20.4 Å². The predicted octanol–water partition coefficient (Wildman–Crippen LogP) is 1.98. The van der Waals surface area contributed by atoms with Crippen LogP contribution in [0.5, 0.6) is 0 Å². The Morgan fingerprint density at radius 1 is 0.667 bits per heavy atom. The van der Waals surface area contributed by atoms with Crippen LogP contribution in [0.15, 0.2) is 24.3 Å². The zero-order chi connectivity index (χ0) is 21.0. The first kappa shape index (κ1) is 22.8. The Hall–Kier alpha value is -1.92. The second-order valence-corrected chi connectivity index (χ2v) is 8.67. The van der Waals surface area contributed by atoms with Crippen LogP contribution in [-0.4, -0.2) is 74.0 Å². The van der Waals surface area contributed by atoms with Crippen LogP contribution in [0.3, 0.4) is 0 Å². The molecule has 2 saturated heterocycles. The number of nitrogens with one attached hydrogen (secondary N) is 2. The Morgan fingerprint density at radius 3 is 1.40 bits per heavy atom. The van der Waals surface area contributed by atoms with Crippen LogP contribution in [0.25, 0.3) is 0 Å². The molecular weight excluding hydrogens is 376 g/mol. The molecule has 1 aromatic carbocycles. The summed E-state index contributed by atoms with van der Waals surface area (Å²) in [7, 11) is 0. The van der Waals surface area contributed by atoms with Gasteiger partial charge in [0.05, 0.1) is 12.8 Å². The van der Waals surface area contributed by atoms with Crippen LogP contribution in [0.4, 0.5) is 0 Å². The van der Waals surface area contributed by atoms with Gasteiger partial charge in [0.15, 0.2) is 0 Å². The highest BCUT2D eigenvalue weighted by Gasteiger charge is 2.12. The van der Waals surface area contributed by atoms with Crippen molar-refractivity contribution in [3.8, 4) is 0 Å². The lowest BCUT2D eigenvalue weighted by molar-refractivity contribution is -0.121. The van der Waals surface area contributed by atoms with Crippen molar-refractivity contribution in [3.63, 3.8) is 0 Å². The van der Waals surface area contributed by atoms with Crippen molar-refractivity contribution in [1.82, 2.24) is 20.4 Å². The zero-order valence-electron chi connectivity index (χ0n) is 18.3. The summed E-state index contributed by atoms with van der Waals surface area (Å²) in [6.07, 6.45) is 8.05. The van der Waals surface area contributed by atoms with Gasteiger partial charge in [-0.15, -0.1) is 0 Å². The van der Waals surface area contributed by atoms with E-state index >= 15 is 0 Å². The smallest absolute Gasteiger partial charge is 0.224 e. The van der Waals surface area contributed by atoms with Gasteiger partial charge < -0.3 is 20.4 Å². The molecule has 6 heteroatoms. The minimum absolute atomic E-state index is 0.0694. The second kappa shape index (κ2) is 12.7. The van der Waals surface area contributed by atoms with Crippen molar-refractivity contribution >= 4 is 11.8 Å². The highest BCUT2D eigenvalue weighted by Crippen LogP contribution is 2.09. The lowest BCUT2D eigenvalue weighted by Crippen LogP contribution is -2.30. The summed E-state index contributed by atoms with van der Waals surface area (Å²) in [5.41, 5.74) is 1.98. The Labute approximate surface area is 181 Å². The SMILES string of the molecule is O=C(Cc1ccc(CC(=O)NCCCN2CCCC2)cc1)NCCCN1CCCC1. The van der Waals surface area contributed by atoms with E-state index in [1.165, 1.54) is 51.9 Å². The second-order valence-electron chi connectivity index (χ2n) is 8.67. The number of nitrogens with zero attached hydrogens (tertiary/aromatic N) is 2. The molecule has 0 atom stereocenters. The van der Waals surface area contributed by atoms with Crippen LogP contribution < -0.4 is 10.6 Å². The van der Waals surface area contributed by atoms with Crippen LogP contribution in [0.2, 0.25) is 0 Å². The van der Waals surface area contributed by atoms with Gasteiger partial charge in [-0.3, -0.25) is 9.59 Å². The molecule has 30 heavy (non-hydrogen) atoms. The maximum Gasteiger partial charge on any atom is 0.224 e. The minimum Gasteiger partial charge on any atom is -0.356 e. The average Bonchev–Trinajstić information content (AvgIpc) is 3.44. The molecule has 2 fully saturated rings. The van der Waals surface area contributed by atoms with Gasteiger partial charge in [0.1, 0.15) is 0 Å². The molecule has 2 aliphatic rings. The largest absolute Gasteiger partial charge is 0.356 e. The summed E-state index contributed by atoms with van der Waals surface area (Å²) < 4.78 is 0. The summed E-state index contributed by atoms with van der Waals surface area (Å²) in [4.78, 5) is 29.2. The molecule has 166 valence electrons. The highest BCUT2D eigenvalue weighted by atomic mass is 16.2. The molecule has 2 amide bonds. The summed E-state index contributed by atoms with van der Waals surface area (Å²) in [5, 5.41) is 6.04. The average molecular weight is 415 g/mol. The number of amides is 2. The van der Waals surface area contributed by atoms with Gasteiger partial charge in [0.2, 0.25) is 11.8 Å². The van der Waals surface area contributed by atoms with Gasteiger partial charge >= 0.3 is 0 Å². The Bertz CT molecular complexity index is 593. The lowest BCUT2D eigenvalue weighted by atomic mass is 10.1. The van der Waals surface area contributed by atoms with Gasteiger partial charge in [-0.1, -0.05) is 24.3 Å². The van der Waals surface area contributed by atoms with Crippen molar-refractivity contribution in [2.75, 3.05) is 52.4 Å². The molecular formula is C24H38N4O2. The third-order valence-corrected chi connectivity index (χ3v) is 6.10. The van der Waals surface area contributed by atoms with Crippen LogP contribution in [-0.2, 0) is 22.4 Å². The standard InChI is InChI=1S/C24H38N4O2/c29-23(25-11-5-17-27-13-1-2-14-27)19-21-7-9-22(10-8-21)20-24(30)26-12-6-18-28-15-3-4-16-28/h7-10H,1-6,11-20H2,(H,25,29)(H,26,30). The van der Waals surface area contributed by atoms with Crippen LogP contribution in [0.1, 0.15) is 49.7 Å². The molecule has 2 aliphatic heterocycles. The number of benzene rings is 1. The van der Waals surface area contributed by atoms with Gasteiger partial charge in [-0.25, -0.2) is 0 Å². The summed E-state index contributed by atoms with van der Waals surface area (Å²) in [5.74, 6) is 0.139. The summed E-state index contributed by atoms with van der Waals surface area (Å²) in [6, 6.07) is 7.83. The number of likely N-dealkylation sites (tertiary alicyclic amines) is 2. The molecule has 0 unspecified atom stereocenters. The third kappa shape index (κ3) is 8.44. The molecule has 1 aromatic rings. The molecule has 0 radical (unpaired) electrons. The van der Waals surface area contributed by atoms with E-state index in [-0.39, 0.29) is 11.8 Å². The highest BCUT2D eigenvalue weighted by molar-refractivity contribution is 5.79. The molecule has 0 saturated carbocycles. The Kier molecular flexibility index (Phi) is 9.64. The number of rotatable bonds is 12. The first-order chi connectivity index (χ1) is 14.7. The fourth-order valence-corrected chi connectivity index (χ4v) is 4.34. The number of hydrogen-bond donors (Lipinski definition) is 2. The van der Waals surface area contributed by atoms with Gasteiger partial charge in [0, 0.05) is 13.1 Å². The molecule has 2 heterocycles. The summed E-state index contributed by atoms with van der Waals surface area (Å²) >= 11 is 0. The maximum absolute atomic E-state index is 12.1. The van der Waals surface area contributed by atoms with Gasteiger partial charge in [0.25, 0.3) is 0 Å². The van der Waals surface area contributed by atoms with Gasteiger partial charge in [-0.2, -0.15) is 0 Å². The molecule has 0 aliphatic carbocycles. The molecule has 0 spiro atoms. The number of hydrogen-bond acceptors (Lipinski definition) is 4. The normalized spacial score (nSPS) is 17.3. The first-order valence-electron chi connectivity index (χ1n) is 11.7. The van der Waals surface area contributed by atoms with E-state index in [0.29, 0.717) is 12.8 Å². The minimum atomic E-state index is 0.0694. The number of carbonyl (C=O) groups excluding carboxylic acids is 2. The lowest BCUT2D eigenvalue weighted by Gasteiger charge is -2.14. The van der Waals surface area contributed by atoms with E-state index in [1.807, 2.05) is 24.3 Å². The van der Waals surface area contributed by atoms with E-state index < -0.39 is 0 Å². The first-order valence-corrected chi connectivity index (χ1v) is 11.7. The number of carbonyl (C=O) groups is 2. The topological polar surface area (TPSA) is 64.7 Å². The third-order valence-electron chi connectivity index (χ3n) is 6.10. The Balaban J connectivity index is 1.26. The van der Waals surface area contributed by atoms with Crippen molar-refractivity contribution in [3.05, 3.63) is 35.4 Å². The van der Waals surface area contributed by atoms with E-state index in [0.717, 1.165) is 50.1 Å². The monoisotopic (exact) mass is 414 g/mol. The van der Waals surface area contributed by atoms with E-state index in [9.17, 15) is 9.59 Å². The van der Waals surface area contributed by atoms with Crippen molar-refractivity contribution in [2.45, 2.75) is 51.4 Å². The zero-order valence-corrected chi connectivity index (χ0v) is 18.3. The molecule has 3 rings (SSSR count). The van der Waals surface area contributed by atoms with Crippen molar-refractivity contribution in [1.29, 1.82) is 0 Å². The van der Waals surface area contributed by atoms with E-state index in [1.54, 1.807) is 0 Å². The maximum atomic E-state index is 12.1. The van der Waals surface area contributed by atoms with Crippen LogP contribution >= 0.6 is 0 Å². The quantitative estimate of drug-likeness (QED) is 0.514. The molecule has 2 N–H and O–H groups in total. The molecule has 0 aromatic heterocycles. The van der Waals surface area contributed by atoms with Crippen molar-refractivity contribution in [2.24, 2.45) is 0 Å². The molecule has 6 nitrogen and oxygen atoms in total. The van der Waals surface area contributed by atoms with Crippen LogP contribution in [0, 0.1) is 0 Å². The van der Waals surface area contributed by atoms with E-state index in [4.69, 9.17) is 0 Å². The molecule has 0 bridgehead atoms. The summed E-state index contributed by atoms with van der Waals surface area (Å²) in [6.45, 7) is 8.46.